The Morgan fingerprint density at radius 1 is 0.926 bits per heavy atom. The third kappa shape index (κ3) is 5.58. The molecule has 2 N–H and O–H groups in total. The molecule has 0 unspecified atom stereocenters. The quantitative estimate of drug-likeness (QED) is 0.840. The Morgan fingerprint density at radius 3 is 2.37 bits per heavy atom. The summed E-state index contributed by atoms with van der Waals surface area (Å²) >= 11 is 0. The van der Waals surface area contributed by atoms with Crippen molar-refractivity contribution in [2.45, 2.75) is 32.6 Å². The summed E-state index contributed by atoms with van der Waals surface area (Å²) < 4.78 is 0. The lowest BCUT2D eigenvalue weighted by Gasteiger charge is -2.20. The molecule has 3 rings (SSSR count). The number of hydrogen-bond acceptors (Lipinski definition) is 3. The summed E-state index contributed by atoms with van der Waals surface area (Å²) in [6.45, 7) is 3.79. The maximum Gasteiger partial charge on any atom is 0.253 e. The van der Waals surface area contributed by atoms with Crippen LogP contribution in [0.3, 0.4) is 0 Å². The number of rotatable bonds is 5. The maximum atomic E-state index is 12.7. The third-order valence-electron chi connectivity index (χ3n) is 4.76. The molecule has 0 radical (unpaired) electrons. The summed E-state index contributed by atoms with van der Waals surface area (Å²) in [6, 6.07) is 15.1. The smallest absolute Gasteiger partial charge is 0.253 e. The highest BCUT2D eigenvalue weighted by Crippen LogP contribution is 2.16. The van der Waals surface area contributed by atoms with Gasteiger partial charge in [0.25, 0.3) is 5.91 Å². The lowest BCUT2D eigenvalue weighted by molar-refractivity contribution is -0.114. The first-order valence-corrected chi connectivity index (χ1v) is 9.61. The lowest BCUT2D eigenvalue weighted by Crippen LogP contribution is -2.31. The van der Waals surface area contributed by atoms with E-state index >= 15 is 0 Å². The molecule has 5 heteroatoms. The van der Waals surface area contributed by atoms with Gasteiger partial charge in [-0.15, -0.1) is 0 Å². The predicted molar refractivity (Wildman–Crippen MR) is 109 cm³/mol. The van der Waals surface area contributed by atoms with Crippen molar-refractivity contribution in [2.75, 3.05) is 30.3 Å². The molecule has 142 valence electrons. The summed E-state index contributed by atoms with van der Waals surface area (Å²) in [4.78, 5) is 26.8. The molecule has 2 amide bonds. The van der Waals surface area contributed by atoms with E-state index in [1.54, 1.807) is 0 Å². The van der Waals surface area contributed by atoms with Crippen LogP contribution in [0.25, 0.3) is 0 Å². The number of aryl methyl sites for hydroxylation is 1. The summed E-state index contributed by atoms with van der Waals surface area (Å²) in [5.41, 5.74) is 3.32. The van der Waals surface area contributed by atoms with Crippen molar-refractivity contribution in [3.63, 3.8) is 0 Å². The van der Waals surface area contributed by atoms with Crippen LogP contribution in [0, 0.1) is 6.92 Å². The van der Waals surface area contributed by atoms with Crippen LogP contribution in [0.15, 0.2) is 48.5 Å². The van der Waals surface area contributed by atoms with E-state index in [-0.39, 0.29) is 18.4 Å². The molecule has 0 spiro atoms. The number of anilines is 2. The predicted octanol–water partition coefficient (Wildman–Crippen LogP) is 4.06. The standard InChI is InChI=1S/C22H27N3O2/c1-17-8-6-11-20(14-17)24-21(26)16-23-19-10-7-9-18(15-19)22(27)25-12-4-2-3-5-13-25/h6-11,14-15,23H,2-5,12-13,16H2,1H3,(H,24,26). The maximum absolute atomic E-state index is 12.7. The van der Waals surface area contributed by atoms with Crippen molar-refractivity contribution in [2.24, 2.45) is 0 Å². The normalized spacial score (nSPS) is 14.3. The number of carbonyl (C=O) groups excluding carboxylic acids is 2. The third-order valence-corrected chi connectivity index (χ3v) is 4.76. The first-order valence-electron chi connectivity index (χ1n) is 9.61. The molecule has 0 atom stereocenters. The van der Waals surface area contributed by atoms with Crippen LogP contribution in [-0.4, -0.2) is 36.3 Å². The molecule has 27 heavy (non-hydrogen) atoms. The Hall–Kier alpha value is -2.82. The first-order chi connectivity index (χ1) is 13.1. The van der Waals surface area contributed by atoms with E-state index in [4.69, 9.17) is 0 Å². The van der Waals surface area contributed by atoms with E-state index in [2.05, 4.69) is 10.6 Å². The number of likely N-dealkylation sites (tertiary alicyclic amines) is 1. The van der Waals surface area contributed by atoms with E-state index in [0.717, 1.165) is 42.9 Å². The fraction of sp³-hybridized carbons (Fsp3) is 0.364. The number of amides is 2. The minimum atomic E-state index is -0.121. The van der Waals surface area contributed by atoms with Crippen molar-refractivity contribution >= 4 is 23.2 Å². The molecule has 0 bridgehead atoms. The molecule has 1 heterocycles. The van der Waals surface area contributed by atoms with Crippen molar-refractivity contribution < 1.29 is 9.59 Å². The van der Waals surface area contributed by atoms with Crippen molar-refractivity contribution in [3.05, 3.63) is 59.7 Å². The van der Waals surface area contributed by atoms with Gasteiger partial charge in [0.15, 0.2) is 0 Å². The van der Waals surface area contributed by atoms with Crippen LogP contribution in [0.1, 0.15) is 41.6 Å². The average Bonchev–Trinajstić information content (AvgIpc) is 2.95. The monoisotopic (exact) mass is 365 g/mol. The fourth-order valence-corrected chi connectivity index (χ4v) is 3.33. The van der Waals surface area contributed by atoms with Crippen LogP contribution >= 0.6 is 0 Å². The molecule has 1 aliphatic rings. The van der Waals surface area contributed by atoms with Gasteiger partial charge >= 0.3 is 0 Å². The van der Waals surface area contributed by atoms with Gasteiger partial charge in [-0.1, -0.05) is 31.0 Å². The fourth-order valence-electron chi connectivity index (χ4n) is 3.33. The zero-order chi connectivity index (χ0) is 19.1. The van der Waals surface area contributed by atoms with Gasteiger partial charge in [0.2, 0.25) is 5.91 Å². The molecule has 1 fully saturated rings. The number of carbonyl (C=O) groups is 2. The number of nitrogens with one attached hydrogen (secondary N) is 2. The first kappa shape index (κ1) is 19.0. The lowest BCUT2D eigenvalue weighted by atomic mass is 10.1. The number of nitrogens with zero attached hydrogens (tertiary/aromatic N) is 1. The van der Waals surface area contributed by atoms with Gasteiger partial charge in [-0.25, -0.2) is 0 Å². The van der Waals surface area contributed by atoms with Crippen LogP contribution in [0.5, 0.6) is 0 Å². The van der Waals surface area contributed by atoms with Crippen LogP contribution in [0.2, 0.25) is 0 Å². The Balaban J connectivity index is 1.57. The van der Waals surface area contributed by atoms with E-state index in [1.165, 1.54) is 12.8 Å². The Kier molecular flexibility index (Phi) is 6.47. The Bertz CT molecular complexity index is 796. The number of hydrogen-bond donors (Lipinski definition) is 2. The molecule has 0 aliphatic carbocycles. The second-order valence-electron chi connectivity index (χ2n) is 7.06. The average molecular weight is 365 g/mol. The van der Waals surface area contributed by atoms with Gasteiger partial charge in [-0.2, -0.15) is 0 Å². The summed E-state index contributed by atoms with van der Waals surface area (Å²) in [6.07, 6.45) is 4.54. The van der Waals surface area contributed by atoms with E-state index < -0.39 is 0 Å². The highest BCUT2D eigenvalue weighted by Gasteiger charge is 2.17. The summed E-state index contributed by atoms with van der Waals surface area (Å²) in [7, 11) is 0. The van der Waals surface area contributed by atoms with Crippen molar-refractivity contribution in [3.8, 4) is 0 Å². The molecule has 0 aromatic heterocycles. The molecular formula is C22H27N3O2. The van der Waals surface area contributed by atoms with Gasteiger partial charge in [-0.05, 0) is 55.7 Å². The second kappa shape index (κ2) is 9.21. The van der Waals surface area contributed by atoms with Gasteiger partial charge in [0.05, 0.1) is 6.54 Å². The molecular weight excluding hydrogens is 338 g/mol. The summed E-state index contributed by atoms with van der Waals surface area (Å²) in [5, 5.41) is 5.98. The molecule has 0 saturated carbocycles. The highest BCUT2D eigenvalue weighted by atomic mass is 16.2. The van der Waals surface area contributed by atoms with E-state index in [0.29, 0.717) is 5.56 Å². The molecule has 2 aromatic rings. The largest absolute Gasteiger partial charge is 0.376 e. The van der Waals surface area contributed by atoms with E-state index in [9.17, 15) is 9.59 Å². The minimum Gasteiger partial charge on any atom is -0.376 e. The van der Waals surface area contributed by atoms with Gasteiger partial charge in [0.1, 0.15) is 0 Å². The second-order valence-corrected chi connectivity index (χ2v) is 7.06. The molecule has 1 saturated heterocycles. The topological polar surface area (TPSA) is 61.4 Å². The molecule has 1 aliphatic heterocycles. The SMILES string of the molecule is Cc1cccc(NC(=O)CNc2cccc(C(=O)N3CCCCCC3)c2)c1. The Morgan fingerprint density at radius 2 is 1.63 bits per heavy atom. The van der Waals surface area contributed by atoms with Crippen LogP contribution in [0.4, 0.5) is 11.4 Å². The number of benzene rings is 2. The van der Waals surface area contributed by atoms with E-state index in [1.807, 2.05) is 60.4 Å². The van der Waals surface area contributed by atoms with Gasteiger partial charge in [0, 0.05) is 30.0 Å². The highest BCUT2D eigenvalue weighted by molar-refractivity contribution is 5.96. The molecule has 2 aromatic carbocycles. The van der Waals surface area contributed by atoms with Crippen LogP contribution in [-0.2, 0) is 4.79 Å². The van der Waals surface area contributed by atoms with Gasteiger partial charge in [-0.3, -0.25) is 9.59 Å². The molecule has 5 nitrogen and oxygen atoms in total. The minimum absolute atomic E-state index is 0.0739. The Labute approximate surface area is 160 Å². The summed E-state index contributed by atoms with van der Waals surface area (Å²) in [5.74, 6) is -0.0467. The van der Waals surface area contributed by atoms with Gasteiger partial charge < -0.3 is 15.5 Å². The van der Waals surface area contributed by atoms with Crippen molar-refractivity contribution in [1.82, 2.24) is 4.90 Å². The van der Waals surface area contributed by atoms with Crippen molar-refractivity contribution in [1.29, 1.82) is 0 Å². The zero-order valence-corrected chi connectivity index (χ0v) is 15.8. The van der Waals surface area contributed by atoms with Crippen LogP contribution < -0.4 is 10.6 Å². The zero-order valence-electron chi connectivity index (χ0n) is 15.8.